The van der Waals surface area contributed by atoms with Crippen molar-refractivity contribution in [2.24, 2.45) is 0 Å². The van der Waals surface area contributed by atoms with Crippen molar-refractivity contribution in [3.63, 3.8) is 0 Å². The maximum absolute atomic E-state index is 12.6. The summed E-state index contributed by atoms with van der Waals surface area (Å²) in [5.41, 5.74) is 2.56. The molecule has 4 aliphatic rings. The molecule has 3 fully saturated rings. The van der Waals surface area contributed by atoms with Gasteiger partial charge in [0, 0.05) is 37.5 Å². The van der Waals surface area contributed by atoms with Gasteiger partial charge < -0.3 is 19.7 Å². The van der Waals surface area contributed by atoms with Crippen LogP contribution in [0.15, 0.2) is 42.5 Å². The summed E-state index contributed by atoms with van der Waals surface area (Å²) in [5.74, 6) is 0.255. The van der Waals surface area contributed by atoms with Crippen molar-refractivity contribution in [3.8, 4) is 11.5 Å². The van der Waals surface area contributed by atoms with Crippen LogP contribution in [0.5, 0.6) is 11.5 Å². The number of nitrogens with one attached hydrogen (secondary N) is 2. The van der Waals surface area contributed by atoms with Crippen molar-refractivity contribution in [1.82, 2.24) is 15.5 Å². The number of amides is 3. The number of fused-ring (bicyclic) bond motifs is 1. The van der Waals surface area contributed by atoms with Gasteiger partial charge in [-0.3, -0.25) is 19.7 Å². The molecule has 0 bridgehead atoms. The van der Waals surface area contributed by atoms with Gasteiger partial charge in [-0.25, -0.2) is 0 Å². The Hall–Kier alpha value is -3.60. The minimum Gasteiger partial charge on any atom is -0.490 e. The molecule has 11 heteroatoms. The van der Waals surface area contributed by atoms with E-state index in [0.29, 0.717) is 24.4 Å². The van der Waals surface area contributed by atoms with E-state index < -0.39 is 12.4 Å². The van der Waals surface area contributed by atoms with E-state index in [1.54, 1.807) is 23.1 Å². The topological polar surface area (TPSA) is 97.0 Å². The van der Waals surface area contributed by atoms with Crippen molar-refractivity contribution < 1.29 is 37.0 Å². The zero-order valence-corrected chi connectivity index (χ0v) is 22.0. The van der Waals surface area contributed by atoms with Gasteiger partial charge in [0.1, 0.15) is 17.5 Å². The summed E-state index contributed by atoms with van der Waals surface area (Å²) in [5, 5.41) is 5.42. The average Bonchev–Trinajstić information content (AvgIpc) is 3.20. The number of benzene rings is 2. The Bertz CT molecular complexity index is 1240. The summed E-state index contributed by atoms with van der Waals surface area (Å²) >= 11 is 0. The van der Waals surface area contributed by atoms with Crippen molar-refractivity contribution in [2.75, 3.05) is 13.1 Å². The summed E-state index contributed by atoms with van der Waals surface area (Å²) in [6.45, 7) is 2.17. The number of alkyl halides is 3. The Morgan fingerprint density at radius 2 is 1.57 bits per heavy atom. The van der Waals surface area contributed by atoms with Gasteiger partial charge in [-0.05, 0) is 73.6 Å². The van der Waals surface area contributed by atoms with Crippen LogP contribution in [-0.2, 0) is 16.1 Å². The van der Waals surface area contributed by atoms with Crippen molar-refractivity contribution in [1.29, 1.82) is 0 Å². The third-order valence-corrected chi connectivity index (χ3v) is 7.72. The first kappa shape index (κ1) is 27.9. The first-order valence-corrected chi connectivity index (χ1v) is 13.7. The molecular weight excluding hydrogens is 527 g/mol. The molecule has 0 radical (unpaired) electrons. The Kier molecular flexibility index (Phi) is 8.30. The van der Waals surface area contributed by atoms with Gasteiger partial charge in [0.2, 0.25) is 11.8 Å². The Balaban J connectivity index is 0.000000184. The molecule has 0 aromatic heterocycles. The molecular formula is C29H32F3N3O5. The second kappa shape index (κ2) is 11.9. The molecule has 40 heavy (non-hydrogen) atoms. The highest BCUT2D eigenvalue weighted by atomic mass is 19.4. The lowest BCUT2D eigenvalue weighted by molar-refractivity contribution is -0.274. The van der Waals surface area contributed by atoms with Crippen molar-refractivity contribution >= 4 is 17.7 Å². The lowest BCUT2D eigenvalue weighted by Crippen LogP contribution is -2.52. The number of imide groups is 1. The predicted molar refractivity (Wildman–Crippen MR) is 139 cm³/mol. The number of nitrogens with zero attached hydrogens (tertiary/aromatic N) is 1. The number of carbonyl (C=O) groups excluding carboxylic acids is 3. The van der Waals surface area contributed by atoms with E-state index in [0.717, 1.165) is 42.8 Å². The molecule has 2 saturated heterocycles. The fourth-order valence-electron chi connectivity index (χ4n) is 5.47. The molecule has 3 aliphatic heterocycles. The summed E-state index contributed by atoms with van der Waals surface area (Å²) in [6.07, 6.45) is 2.16. The molecule has 0 spiro atoms. The van der Waals surface area contributed by atoms with Crippen LogP contribution >= 0.6 is 0 Å². The molecule has 1 aliphatic carbocycles. The van der Waals surface area contributed by atoms with E-state index in [2.05, 4.69) is 15.4 Å². The number of carbonyl (C=O) groups is 3. The standard InChI is InChI=1S/C19H22N2O4.C10H10F3NO/c22-17-9-8-16(18(23)20-17)21-11-12-10-14(6-7-15(12)19(21)24)25-13-4-2-1-3-5-13;11-10(12,13)15-9-3-1-7(2-4-9)8-5-14-6-8/h6-7,10,13,16H,1-5,8-9,11H2,(H,20,22,23);1-4,8,14H,5-6H2. The highest BCUT2D eigenvalue weighted by molar-refractivity contribution is 6.05. The number of piperidine rings is 1. The van der Waals surface area contributed by atoms with Crippen LogP contribution in [0.3, 0.4) is 0 Å². The fourth-order valence-corrected chi connectivity index (χ4v) is 5.47. The number of ether oxygens (including phenoxy) is 2. The number of hydrogen-bond donors (Lipinski definition) is 2. The fraction of sp³-hybridized carbons (Fsp3) is 0.483. The van der Waals surface area contributed by atoms with E-state index in [1.165, 1.54) is 31.4 Å². The van der Waals surface area contributed by atoms with Crippen LogP contribution in [0.1, 0.15) is 72.3 Å². The third kappa shape index (κ3) is 6.75. The molecule has 2 aromatic rings. The van der Waals surface area contributed by atoms with Gasteiger partial charge in [0.15, 0.2) is 0 Å². The van der Waals surface area contributed by atoms with E-state index in [-0.39, 0.29) is 36.0 Å². The minimum absolute atomic E-state index is 0.145. The molecule has 1 atom stereocenters. The molecule has 6 rings (SSSR count). The molecule has 2 aromatic carbocycles. The van der Waals surface area contributed by atoms with Crippen LogP contribution < -0.4 is 20.1 Å². The van der Waals surface area contributed by atoms with Crippen LogP contribution in [0, 0.1) is 0 Å². The number of halogens is 3. The van der Waals surface area contributed by atoms with Crippen LogP contribution in [-0.4, -0.2) is 54.2 Å². The van der Waals surface area contributed by atoms with Gasteiger partial charge in [-0.2, -0.15) is 0 Å². The molecule has 1 saturated carbocycles. The molecule has 8 nitrogen and oxygen atoms in total. The van der Waals surface area contributed by atoms with E-state index in [9.17, 15) is 27.6 Å². The summed E-state index contributed by atoms with van der Waals surface area (Å²) in [4.78, 5) is 37.6. The second-order valence-electron chi connectivity index (χ2n) is 10.6. The van der Waals surface area contributed by atoms with Crippen molar-refractivity contribution in [2.45, 2.75) is 75.9 Å². The highest BCUT2D eigenvalue weighted by Crippen LogP contribution is 2.32. The lowest BCUT2D eigenvalue weighted by Gasteiger charge is -2.29. The minimum atomic E-state index is -4.61. The van der Waals surface area contributed by atoms with Crippen molar-refractivity contribution in [3.05, 3.63) is 59.2 Å². The molecule has 214 valence electrons. The molecule has 3 heterocycles. The maximum Gasteiger partial charge on any atom is 0.573 e. The van der Waals surface area contributed by atoms with E-state index in [1.807, 2.05) is 12.1 Å². The Labute approximate surface area is 230 Å². The monoisotopic (exact) mass is 559 g/mol. The second-order valence-corrected chi connectivity index (χ2v) is 10.6. The van der Waals surface area contributed by atoms with Gasteiger partial charge in [0.05, 0.1) is 6.10 Å². The molecule has 1 unspecified atom stereocenters. The summed E-state index contributed by atoms with van der Waals surface area (Å²) in [6, 6.07) is 11.0. The van der Waals surface area contributed by atoms with E-state index in [4.69, 9.17) is 4.74 Å². The molecule has 3 amide bonds. The normalized spacial score (nSPS) is 21.6. The first-order chi connectivity index (χ1) is 19.2. The maximum atomic E-state index is 12.6. The number of hydrogen-bond acceptors (Lipinski definition) is 6. The zero-order chi connectivity index (χ0) is 28.3. The predicted octanol–water partition coefficient (Wildman–Crippen LogP) is 4.43. The van der Waals surface area contributed by atoms with Crippen LogP contribution in [0.4, 0.5) is 13.2 Å². The van der Waals surface area contributed by atoms with Gasteiger partial charge in [-0.15, -0.1) is 13.2 Å². The highest BCUT2D eigenvalue weighted by Gasteiger charge is 2.39. The van der Waals surface area contributed by atoms with Crippen LogP contribution in [0.2, 0.25) is 0 Å². The zero-order valence-electron chi connectivity index (χ0n) is 22.0. The van der Waals surface area contributed by atoms with Gasteiger partial charge >= 0.3 is 6.36 Å². The number of rotatable bonds is 5. The largest absolute Gasteiger partial charge is 0.573 e. The summed E-state index contributed by atoms with van der Waals surface area (Å²) in [7, 11) is 0. The van der Waals surface area contributed by atoms with Gasteiger partial charge in [0.25, 0.3) is 5.91 Å². The Morgan fingerprint density at radius 1 is 0.875 bits per heavy atom. The summed E-state index contributed by atoms with van der Waals surface area (Å²) < 4.78 is 45.4. The van der Waals surface area contributed by atoms with E-state index >= 15 is 0 Å². The Morgan fingerprint density at radius 3 is 2.20 bits per heavy atom. The van der Waals surface area contributed by atoms with Gasteiger partial charge in [-0.1, -0.05) is 18.6 Å². The first-order valence-electron chi connectivity index (χ1n) is 13.7. The third-order valence-electron chi connectivity index (χ3n) is 7.72. The lowest BCUT2D eigenvalue weighted by atomic mass is 9.94. The quantitative estimate of drug-likeness (QED) is 0.527. The smallest absolute Gasteiger partial charge is 0.490 e. The average molecular weight is 560 g/mol. The SMILES string of the molecule is FC(F)(F)Oc1ccc(C2CNC2)cc1.O=C1CCC(N2Cc3cc(OC4CCCCC4)ccc3C2=O)C(=O)N1. The molecule has 2 N–H and O–H groups in total. The van der Waals surface area contributed by atoms with Crippen LogP contribution in [0.25, 0.3) is 0 Å².